The van der Waals surface area contributed by atoms with Crippen LogP contribution in [0.2, 0.25) is 0 Å². The highest BCUT2D eigenvalue weighted by molar-refractivity contribution is 4.97. The Balaban J connectivity index is 1.23. The number of nitrogens with one attached hydrogen (secondary N) is 4. The zero-order chi connectivity index (χ0) is 14.8. The third-order valence-corrected chi connectivity index (χ3v) is 5.82. The molecule has 0 radical (unpaired) electrons. The minimum atomic E-state index is 0.361. The van der Waals surface area contributed by atoms with Gasteiger partial charge in [-0.2, -0.15) is 0 Å². The molecule has 0 bridgehead atoms. The molecule has 0 aromatic carbocycles. The summed E-state index contributed by atoms with van der Waals surface area (Å²) >= 11 is 0. The first-order valence-electron chi connectivity index (χ1n) is 9.03. The Morgan fingerprint density at radius 1 is 0.773 bits per heavy atom. The van der Waals surface area contributed by atoms with Crippen molar-refractivity contribution in [3.05, 3.63) is 0 Å². The van der Waals surface area contributed by atoms with E-state index in [0.29, 0.717) is 36.2 Å². The lowest BCUT2D eigenvalue weighted by Crippen LogP contribution is -2.60. The molecular weight excluding hydrogens is 280 g/mol. The smallest absolute Gasteiger partial charge is 0.0741 e. The van der Waals surface area contributed by atoms with Crippen LogP contribution in [0.1, 0.15) is 19.3 Å². The van der Waals surface area contributed by atoms with Crippen molar-refractivity contribution in [2.45, 2.75) is 49.5 Å². The highest BCUT2D eigenvalue weighted by Gasteiger charge is 2.38. The van der Waals surface area contributed by atoms with Crippen LogP contribution in [-0.4, -0.2) is 76.3 Å². The molecule has 0 saturated carbocycles. The third kappa shape index (κ3) is 3.32. The maximum absolute atomic E-state index is 6.22. The van der Waals surface area contributed by atoms with Gasteiger partial charge < -0.3 is 30.7 Å². The fourth-order valence-corrected chi connectivity index (χ4v) is 4.46. The molecule has 0 aliphatic carbocycles. The zero-order valence-electron chi connectivity index (χ0n) is 13.4. The minimum Gasteiger partial charge on any atom is -0.378 e. The topological polar surface area (TPSA) is 66.6 Å². The maximum atomic E-state index is 6.22. The summed E-state index contributed by atoms with van der Waals surface area (Å²) in [4.78, 5) is 0. The highest BCUT2D eigenvalue weighted by Crippen LogP contribution is 2.26. The van der Waals surface area contributed by atoms with Crippen LogP contribution in [0.5, 0.6) is 0 Å². The van der Waals surface area contributed by atoms with Crippen LogP contribution in [0, 0.1) is 5.92 Å². The van der Waals surface area contributed by atoms with E-state index in [2.05, 4.69) is 21.3 Å². The van der Waals surface area contributed by atoms with Crippen LogP contribution in [0.25, 0.3) is 0 Å². The van der Waals surface area contributed by atoms with Crippen molar-refractivity contribution < 1.29 is 9.47 Å². The van der Waals surface area contributed by atoms with Gasteiger partial charge >= 0.3 is 0 Å². The lowest BCUT2D eigenvalue weighted by atomic mass is 9.94. The van der Waals surface area contributed by atoms with Crippen molar-refractivity contribution in [3.63, 3.8) is 0 Å². The van der Waals surface area contributed by atoms with Gasteiger partial charge in [-0.25, -0.2) is 0 Å². The van der Waals surface area contributed by atoms with Gasteiger partial charge in [0.1, 0.15) is 0 Å². The molecule has 4 saturated heterocycles. The molecule has 0 aromatic rings. The molecule has 4 N–H and O–H groups in total. The Kier molecular flexibility index (Phi) is 4.95. The summed E-state index contributed by atoms with van der Waals surface area (Å²) in [7, 11) is 0. The van der Waals surface area contributed by atoms with Gasteiger partial charge in [0, 0.05) is 49.7 Å². The summed E-state index contributed by atoms with van der Waals surface area (Å²) in [6, 6.07) is 2.10. The molecule has 4 fully saturated rings. The van der Waals surface area contributed by atoms with Crippen LogP contribution in [0.3, 0.4) is 0 Å². The number of ether oxygens (including phenoxy) is 2. The molecular formula is C16H30N4O2. The highest BCUT2D eigenvalue weighted by atomic mass is 16.5. The summed E-state index contributed by atoms with van der Waals surface area (Å²) in [5, 5.41) is 14.6. The van der Waals surface area contributed by atoms with E-state index in [1.807, 2.05) is 0 Å². The Morgan fingerprint density at radius 3 is 2.36 bits per heavy atom. The van der Waals surface area contributed by atoms with Crippen LogP contribution >= 0.6 is 0 Å². The van der Waals surface area contributed by atoms with E-state index in [1.54, 1.807) is 0 Å². The van der Waals surface area contributed by atoms with E-state index in [4.69, 9.17) is 9.47 Å². The summed E-state index contributed by atoms with van der Waals surface area (Å²) in [5.74, 6) is 0.649. The fraction of sp³-hybridized carbons (Fsp3) is 1.00. The lowest BCUT2D eigenvalue weighted by molar-refractivity contribution is -0.0448. The predicted octanol–water partition coefficient (Wildman–Crippen LogP) is -0.938. The van der Waals surface area contributed by atoms with Crippen molar-refractivity contribution in [2.24, 2.45) is 5.92 Å². The first-order valence-corrected chi connectivity index (χ1v) is 9.03. The Morgan fingerprint density at radius 2 is 1.64 bits per heavy atom. The van der Waals surface area contributed by atoms with Crippen LogP contribution < -0.4 is 21.3 Å². The molecule has 0 aromatic heterocycles. The largest absolute Gasteiger partial charge is 0.378 e. The van der Waals surface area contributed by atoms with E-state index >= 15 is 0 Å². The van der Waals surface area contributed by atoms with Gasteiger partial charge in [0.15, 0.2) is 0 Å². The molecule has 22 heavy (non-hydrogen) atoms. The average Bonchev–Trinajstić information content (AvgIpc) is 3.27. The van der Waals surface area contributed by atoms with E-state index < -0.39 is 0 Å². The Labute approximate surface area is 133 Å². The van der Waals surface area contributed by atoms with Crippen molar-refractivity contribution in [2.75, 3.05) is 46.0 Å². The number of morpholine rings is 2. The molecule has 6 heteroatoms. The Hall–Kier alpha value is -0.240. The van der Waals surface area contributed by atoms with Gasteiger partial charge in [-0.1, -0.05) is 0 Å². The van der Waals surface area contributed by atoms with E-state index in [1.165, 1.54) is 25.8 Å². The summed E-state index contributed by atoms with van der Waals surface area (Å²) in [6.45, 7) is 6.64. The lowest BCUT2D eigenvalue weighted by Gasteiger charge is -2.38. The van der Waals surface area contributed by atoms with Gasteiger partial charge in [0.2, 0.25) is 0 Å². The summed E-state index contributed by atoms with van der Waals surface area (Å²) < 4.78 is 11.8. The molecule has 6 atom stereocenters. The van der Waals surface area contributed by atoms with Gasteiger partial charge in [-0.05, 0) is 25.8 Å². The average molecular weight is 310 g/mol. The molecule has 4 heterocycles. The SMILES string of the molecule is C1CNC(C2CC(C3CNC(C4COCCN4)CO3)CN2)C1. The van der Waals surface area contributed by atoms with Crippen LogP contribution in [0.15, 0.2) is 0 Å². The molecule has 4 rings (SSSR count). The Bertz CT molecular complexity index is 350. The first-order chi connectivity index (χ1) is 10.9. The molecule has 0 amide bonds. The van der Waals surface area contributed by atoms with Crippen LogP contribution in [0.4, 0.5) is 0 Å². The first kappa shape index (κ1) is 15.3. The molecule has 6 unspecified atom stereocenters. The maximum Gasteiger partial charge on any atom is 0.0741 e. The predicted molar refractivity (Wildman–Crippen MR) is 85.1 cm³/mol. The zero-order valence-corrected chi connectivity index (χ0v) is 13.4. The third-order valence-electron chi connectivity index (χ3n) is 5.82. The normalized spacial score (nSPS) is 46.9. The second-order valence-corrected chi connectivity index (χ2v) is 7.24. The number of hydrogen-bond acceptors (Lipinski definition) is 6. The minimum absolute atomic E-state index is 0.361. The van der Waals surface area contributed by atoms with E-state index in [0.717, 1.165) is 39.5 Å². The van der Waals surface area contributed by atoms with Gasteiger partial charge in [0.25, 0.3) is 0 Å². The van der Waals surface area contributed by atoms with Crippen molar-refractivity contribution in [1.82, 2.24) is 21.3 Å². The van der Waals surface area contributed by atoms with Gasteiger partial charge in [0.05, 0.1) is 25.9 Å². The van der Waals surface area contributed by atoms with Crippen molar-refractivity contribution in [3.8, 4) is 0 Å². The monoisotopic (exact) mass is 310 g/mol. The number of rotatable bonds is 3. The second-order valence-electron chi connectivity index (χ2n) is 7.24. The second kappa shape index (κ2) is 7.11. The van der Waals surface area contributed by atoms with E-state index in [-0.39, 0.29) is 0 Å². The molecule has 126 valence electrons. The van der Waals surface area contributed by atoms with E-state index in [9.17, 15) is 0 Å². The molecule has 4 aliphatic heterocycles. The van der Waals surface area contributed by atoms with Gasteiger partial charge in [-0.3, -0.25) is 0 Å². The number of hydrogen-bond donors (Lipinski definition) is 4. The summed E-state index contributed by atoms with van der Waals surface area (Å²) in [5.41, 5.74) is 0. The standard InChI is InChI=1S/C16H30N4O2/c1-2-12(17-3-1)13-6-11(7-19-13)16-8-20-15(10-22-16)14-9-21-5-4-18-14/h11-20H,1-10H2. The van der Waals surface area contributed by atoms with Crippen LogP contribution in [-0.2, 0) is 9.47 Å². The van der Waals surface area contributed by atoms with Crippen molar-refractivity contribution >= 4 is 0 Å². The summed E-state index contributed by atoms with van der Waals surface area (Å²) in [6.07, 6.45) is 4.26. The van der Waals surface area contributed by atoms with Crippen molar-refractivity contribution in [1.29, 1.82) is 0 Å². The fourth-order valence-electron chi connectivity index (χ4n) is 4.46. The molecule has 0 spiro atoms. The molecule has 6 nitrogen and oxygen atoms in total. The quantitative estimate of drug-likeness (QED) is 0.540. The van der Waals surface area contributed by atoms with Gasteiger partial charge in [-0.15, -0.1) is 0 Å². The molecule has 4 aliphatic rings.